The largest absolute Gasteiger partial charge is 0.312 e. The normalized spacial score (nSPS) is 17.4. The number of rotatable bonds is 5. The van der Waals surface area contributed by atoms with Crippen LogP contribution in [0.4, 0.5) is 0 Å². The third kappa shape index (κ3) is 2.22. The predicted molar refractivity (Wildman–Crippen MR) is 83.3 cm³/mol. The number of nitrogens with zero attached hydrogens (tertiary/aromatic N) is 3. The summed E-state index contributed by atoms with van der Waals surface area (Å²) in [6.45, 7) is 5.45. The van der Waals surface area contributed by atoms with Crippen molar-refractivity contribution in [1.29, 1.82) is 0 Å². The van der Waals surface area contributed by atoms with Gasteiger partial charge in [0.2, 0.25) is 0 Å². The molecular weight excluding hydrogens is 270 g/mol. The number of hydrogen-bond donors (Lipinski definition) is 0. The third-order valence-electron chi connectivity index (χ3n) is 4.89. The standard InChI is InChI=1S/C16H22ClN3/c1-3-16(7-4-8-16)11-20-13(5-9-17)19-14-12(2)6-10-18-15(14)20/h6,10H,3-5,7-9,11H2,1-2H3. The van der Waals surface area contributed by atoms with Gasteiger partial charge in [0.15, 0.2) is 5.65 Å². The first-order chi connectivity index (χ1) is 9.69. The summed E-state index contributed by atoms with van der Waals surface area (Å²) in [7, 11) is 0. The van der Waals surface area contributed by atoms with Gasteiger partial charge in [0, 0.05) is 25.0 Å². The summed E-state index contributed by atoms with van der Waals surface area (Å²) in [6, 6.07) is 2.03. The van der Waals surface area contributed by atoms with Crippen molar-refractivity contribution in [1.82, 2.24) is 14.5 Å². The van der Waals surface area contributed by atoms with Gasteiger partial charge in [-0.3, -0.25) is 0 Å². The SMILES string of the molecule is CCC1(Cn2c(CCCl)nc3c(C)ccnc32)CCC1. The van der Waals surface area contributed by atoms with Crippen molar-refractivity contribution in [2.75, 3.05) is 5.88 Å². The molecule has 20 heavy (non-hydrogen) atoms. The zero-order chi connectivity index (χ0) is 14.2. The molecule has 0 aliphatic heterocycles. The molecule has 0 bridgehead atoms. The second-order valence-electron chi connectivity index (χ2n) is 6.06. The zero-order valence-electron chi connectivity index (χ0n) is 12.3. The predicted octanol–water partition coefficient (Wildman–Crippen LogP) is 4.10. The Labute approximate surface area is 125 Å². The second-order valence-corrected chi connectivity index (χ2v) is 6.44. The quantitative estimate of drug-likeness (QED) is 0.777. The van der Waals surface area contributed by atoms with Crippen molar-refractivity contribution in [2.24, 2.45) is 5.41 Å². The van der Waals surface area contributed by atoms with E-state index in [9.17, 15) is 0 Å². The summed E-state index contributed by atoms with van der Waals surface area (Å²) < 4.78 is 2.33. The molecule has 2 aromatic rings. The molecule has 0 atom stereocenters. The van der Waals surface area contributed by atoms with Crippen molar-refractivity contribution >= 4 is 22.8 Å². The molecule has 2 heterocycles. The lowest BCUT2D eigenvalue weighted by atomic mass is 9.67. The van der Waals surface area contributed by atoms with Crippen LogP contribution in [0.2, 0.25) is 0 Å². The number of aromatic nitrogens is 3. The molecule has 2 aromatic heterocycles. The van der Waals surface area contributed by atoms with Crippen molar-refractivity contribution in [2.45, 2.75) is 52.5 Å². The van der Waals surface area contributed by atoms with Gasteiger partial charge >= 0.3 is 0 Å². The lowest BCUT2D eigenvalue weighted by Crippen LogP contribution is -2.34. The molecule has 0 amide bonds. The average molecular weight is 292 g/mol. The van der Waals surface area contributed by atoms with E-state index in [2.05, 4.69) is 23.4 Å². The van der Waals surface area contributed by atoms with Gasteiger partial charge in [-0.1, -0.05) is 13.3 Å². The van der Waals surface area contributed by atoms with Crippen molar-refractivity contribution in [3.63, 3.8) is 0 Å². The Hall–Kier alpha value is -1.09. The molecule has 0 aromatic carbocycles. The number of imidazole rings is 1. The Morgan fingerprint density at radius 1 is 1.40 bits per heavy atom. The van der Waals surface area contributed by atoms with Crippen LogP contribution in [0.3, 0.4) is 0 Å². The van der Waals surface area contributed by atoms with E-state index >= 15 is 0 Å². The number of alkyl halides is 1. The van der Waals surface area contributed by atoms with Gasteiger partial charge in [0.25, 0.3) is 0 Å². The van der Waals surface area contributed by atoms with Crippen LogP contribution in [0.25, 0.3) is 11.2 Å². The Kier molecular flexibility index (Phi) is 3.72. The van der Waals surface area contributed by atoms with Crippen molar-refractivity contribution < 1.29 is 0 Å². The van der Waals surface area contributed by atoms with Crippen LogP contribution in [0.15, 0.2) is 12.3 Å². The van der Waals surface area contributed by atoms with Gasteiger partial charge in [-0.2, -0.15) is 0 Å². The summed E-state index contributed by atoms with van der Waals surface area (Å²) in [6.07, 6.45) is 7.96. The number of pyridine rings is 1. The minimum Gasteiger partial charge on any atom is -0.312 e. The van der Waals surface area contributed by atoms with E-state index in [0.29, 0.717) is 11.3 Å². The van der Waals surface area contributed by atoms with Crippen LogP contribution in [0, 0.1) is 12.3 Å². The van der Waals surface area contributed by atoms with E-state index in [0.717, 1.165) is 30.0 Å². The molecule has 0 N–H and O–H groups in total. The van der Waals surface area contributed by atoms with E-state index in [4.69, 9.17) is 16.6 Å². The Morgan fingerprint density at radius 2 is 2.20 bits per heavy atom. The fourth-order valence-electron chi connectivity index (χ4n) is 3.26. The van der Waals surface area contributed by atoms with Crippen LogP contribution in [0.1, 0.15) is 44.0 Å². The van der Waals surface area contributed by atoms with E-state index in [1.807, 2.05) is 12.3 Å². The maximum atomic E-state index is 5.95. The first kappa shape index (κ1) is 13.9. The van der Waals surface area contributed by atoms with Gasteiger partial charge in [0.1, 0.15) is 11.3 Å². The van der Waals surface area contributed by atoms with E-state index in [-0.39, 0.29) is 0 Å². The molecule has 0 unspecified atom stereocenters. The first-order valence-corrected chi connectivity index (χ1v) is 8.09. The highest BCUT2D eigenvalue weighted by atomic mass is 35.5. The molecule has 1 saturated carbocycles. The maximum absolute atomic E-state index is 5.95. The maximum Gasteiger partial charge on any atom is 0.160 e. The summed E-state index contributed by atoms with van der Waals surface area (Å²) in [4.78, 5) is 9.37. The van der Waals surface area contributed by atoms with Gasteiger partial charge in [-0.25, -0.2) is 9.97 Å². The Balaban J connectivity index is 2.07. The number of hydrogen-bond acceptors (Lipinski definition) is 2. The Morgan fingerprint density at radius 3 is 2.80 bits per heavy atom. The third-order valence-corrected chi connectivity index (χ3v) is 5.08. The van der Waals surface area contributed by atoms with Crippen LogP contribution in [0.5, 0.6) is 0 Å². The molecule has 108 valence electrons. The molecule has 0 spiro atoms. The average Bonchev–Trinajstić information content (AvgIpc) is 2.74. The van der Waals surface area contributed by atoms with Crippen LogP contribution in [-0.2, 0) is 13.0 Å². The first-order valence-electron chi connectivity index (χ1n) is 7.56. The molecular formula is C16H22ClN3. The van der Waals surface area contributed by atoms with E-state index in [1.165, 1.54) is 31.2 Å². The highest BCUT2D eigenvalue weighted by Crippen LogP contribution is 2.45. The number of halogens is 1. The van der Waals surface area contributed by atoms with Crippen LogP contribution in [-0.4, -0.2) is 20.4 Å². The number of aryl methyl sites for hydroxylation is 2. The monoisotopic (exact) mass is 291 g/mol. The second kappa shape index (κ2) is 5.36. The van der Waals surface area contributed by atoms with Gasteiger partial charge < -0.3 is 4.57 Å². The van der Waals surface area contributed by atoms with Gasteiger partial charge in [0.05, 0.1) is 0 Å². The summed E-state index contributed by atoms with van der Waals surface area (Å²) in [5, 5.41) is 0. The zero-order valence-corrected chi connectivity index (χ0v) is 13.1. The molecule has 3 rings (SSSR count). The van der Waals surface area contributed by atoms with Crippen molar-refractivity contribution in [3.8, 4) is 0 Å². The molecule has 0 radical (unpaired) electrons. The topological polar surface area (TPSA) is 30.7 Å². The van der Waals surface area contributed by atoms with E-state index in [1.54, 1.807) is 0 Å². The molecule has 1 aliphatic carbocycles. The molecule has 1 fully saturated rings. The summed E-state index contributed by atoms with van der Waals surface area (Å²) in [5.41, 5.74) is 3.73. The molecule has 3 nitrogen and oxygen atoms in total. The molecule has 4 heteroatoms. The van der Waals surface area contributed by atoms with Crippen molar-refractivity contribution in [3.05, 3.63) is 23.7 Å². The number of fused-ring (bicyclic) bond motifs is 1. The smallest absolute Gasteiger partial charge is 0.160 e. The summed E-state index contributed by atoms with van der Waals surface area (Å²) in [5.74, 6) is 1.71. The van der Waals surface area contributed by atoms with Gasteiger partial charge in [-0.05, 0) is 43.2 Å². The molecule has 0 saturated heterocycles. The lowest BCUT2D eigenvalue weighted by Gasteiger charge is -2.41. The fourth-order valence-corrected chi connectivity index (χ4v) is 3.43. The van der Waals surface area contributed by atoms with Crippen LogP contribution < -0.4 is 0 Å². The minimum atomic E-state index is 0.458. The minimum absolute atomic E-state index is 0.458. The Bertz CT molecular complexity index is 608. The lowest BCUT2D eigenvalue weighted by molar-refractivity contribution is 0.101. The highest BCUT2D eigenvalue weighted by Gasteiger charge is 2.36. The highest BCUT2D eigenvalue weighted by molar-refractivity contribution is 6.17. The van der Waals surface area contributed by atoms with E-state index < -0.39 is 0 Å². The van der Waals surface area contributed by atoms with Gasteiger partial charge in [-0.15, -0.1) is 11.6 Å². The fraction of sp³-hybridized carbons (Fsp3) is 0.625. The van der Waals surface area contributed by atoms with Crippen LogP contribution >= 0.6 is 11.6 Å². The summed E-state index contributed by atoms with van der Waals surface area (Å²) >= 11 is 5.95. The molecule has 1 aliphatic rings.